The van der Waals surface area contributed by atoms with Crippen LogP contribution in [0.15, 0.2) is 71.9 Å². The van der Waals surface area contributed by atoms with Crippen molar-refractivity contribution in [3.05, 3.63) is 78.1 Å². The van der Waals surface area contributed by atoms with Gasteiger partial charge >= 0.3 is 0 Å². The predicted octanol–water partition coefficient (Wildman–Crippen LogP) is 3.16. The van der Waals surface area contributed by atoms with Crippen molar-refractivity contribution in [3.63, 3.8) is 0 Å². The molecular weight excluding hydrogens is 504 g/mol. The highest BCUT2D eigenvalue weighted by Gasteiger charge is 2.38. The number of sulfonamides is 1. The number of carbonyl (C=O) groups excluding carboxylic acids is 1. The summed E-state index contributed by atoms with van der Waals surface area (Å²) < 4.78 is 35.1. The number of likely N-dealkylation sites (N-methyl/N-ethyl adjacent to an activating group) is 1. The van der Waals surface area contributed by atoms with Crippen LogP contribution in [0.1, 0.15) is 29.8 Å². The van der Waals surface area contributed by atoms with Crippen molar-refractivity contribution in [1.82, 2.24) is 14.2 Å². The van der Waals surface area contributed by atoms with Crippen molar-refractivity contribution in [2.24, 2.45) is 5.92 Å². The Labute approximate surface area is 223 Å². The molecule has 10 heteroatoms. The van der Waals surface area contributed by atoms with Gasteiger partial charge in [-0.05, 0) is 54.4 Å². The third kappa shape index (κ3) is 5.55. The number of carbonyl (C=O) groups is 1. The third-order valence-corrected chi connectivity index (χ3v) is 8.74. The molecule has 38 heavy (non-hydrogen) atoms. The van der Waals surface area contributed by atoms with Gasteiger partial charge in [-0.3, -0.25) is 9.78 Å². The summed E-state index contributed by atoms with van der Waals surface area (Å²) in [7, 11) is -2.33. The second-order valence-corrected chi connectivity index (χ2v) is 11.4. The summed E-state index contributed by atoms with van der Waals surface area (Å²) in [6, 6.07) is 16.6. The van der Waals surface area contributed by atoms with Crippen LogP contribution in [0, 0.1) is 17.2 Å². The van der Waals surface area contributed by atoms with Gasteiger partial charge in [0.25, 0.3) is 5.91 Å². The summed E-state index contributed by atoms with van der Waals surface area (Å²) in [6.45, 7) is 3.50. The first-order valence-corrected chi connectivity index (χ1v) is 13.7. The molecule has 1 N–H and O–H groups in total. The zero-order valence-electron chi connectivity index (χ0n) is 21.5. The topological polar surface area (TPSA) is 124 Å². The second kappa shape index (κ2) is 11.3. The maximum atomic E-state index is 13.7. The molecule has 0 unspecified atom stereocenters. The van der Waals surface area contributed by atoms with E-state index in [9.17, 15) is 23.6 Å². The van der Waals surface area contributed by atoms with E-state index >= 15 is 0 Å². The van der Waals surface area contributed by atoms with Crippen LogP contribution in [0.5, 0.6) is 5.75 Å². The van der Waals surface area contributed by atoms with Crippen molar-refractivity contribution in [1.29, 1.82) is 5.26 Å². The minimum Gasteiger partial charge on any atom is -0.487 e. The minimum atomic E-state index is -4.00. The standard InChI is InChI=1S/C28H30N4O5S/c1-19-16-32(20(2)18-33)38(35,36)27-8-7-24(23-6-4-5-21(13-23)15-29)14-25(27)37-26(19)17-31(3)28(34)22-9-11-30-12-10-22/h4-14,19-20,26,33H,16-18H2,1-3H3/t19-,20-,26+/m1/s1. The number of fused-ring (bicyclic) bond motifs is 1. The third-order valence-electron chi connectivity index (χ3n) is 6.72. The van der Waals surface area contributed by atoms with Gasteiger partial charge in [0, 0.05) is 43.5 Å². The number of benzene rings is 2. The molecule has 0 radical (unpaired) electrons. The van der Waals surface area contributed by atoms with E-state index in [0.29, 0.717) is 16.7 Å². The van der Waals surface area contributed by atoms with Crippen LogP contribution < -0.4 is 4.74 Å². The first-order valence-electron chi connectivity index (χ1n) is 12.2. The van der Waals surface area contributed by atoms with Crippen LogP contribution in [0.4, 0.5) is 0 Å². The van der Waals surface area contributed by atoms with Crippen LogP contribution in [-0.2, 0) is 10.0 Å². The molecule has 0 saturated carbocycles. The quantitative estimate of drug-likeness (QED) is 0.515. The zero-order chi connectivity index (χ0) is 27.4. The smallest absolute Gasteiger partial charge is 0.253 e. The zero-order valence-corrected chi connectivity index (χ0v) is 22.3. The van der Waals surface area contributed by atoms with Gasteiger partial charge in [-0.1, -0.05) is 25.1 Å². The Kier molecular flexibility index (Phi) is 8.11. The van der Waals surface area contributed by atoms with E-state index in [-0.39, 0.29) is 42.2 Å². The highest BCUT2D eigenvalue weighted by molar-refractivity contribution is 7.89. The molecule has 0 saturated heterocycles. The molecule has 2 heterocycles. The van der Waals surface area contributed by atoms with Crippen LogP contribution in [-0.4, -0.2) is 72.5 Å². The summed E-state index contributed by atoms with van der Waals surface area (Å²) in [4.78, 5) is 18.5. The number of pyridine rings is 1. The number of nitriles is 1. The summed E-state index contributed by atoms with van der Waals surface area (Å²) in [5.41, 5.74) is 2.39. The number of ether oxygens (including phenoxy) is 1. The van der Waals surface area contributed by atoms with Crippen molar-refractivity contribution in [3.8, 4) is 22.9 Å². The average Bonchev–Trinajstić information content (AvgIpc) is 2.94. The van der Waals surface area contributed by atoms with Gasteiger partial charge in [0.1, 0.15) is 16.7 Å². The largest absolute Gasteiger partial charge is 0.487 e. The summed E-state index contributed by atoms with van der Waals surface area (Å²) in [5.74, 6) is -0.368. The Morgan fingerprint density at radius 2 is 1.92 bits per heavy atom. The Morgan fingerprint density at radius 1 is 1.21 bits per heavy atom. The number of aliphatic hydroxyl groups is 1. The Hall–Kier alpha value is -3.78. The molecule has 1 amide bonds. The molecule has 3 atom stereocenters. The number of aromatic nitrogens is 1. The number of hydrogen-bond donors (Lipinski definition) is 1. The first kappa shape index (κ1) is 27.3. The van der Waals surface area contributed by atoms with Crippen LogP contribution >= 0.6 is 0 Å². The van der Waals surface area contributed by atoms with E-state index in [0.717, 1.165) is 5.56 Å². The Balaban J connectivity index is 1.76. The van der Waals surface area contributed by atoms with Gasteiger partial charge in [0.2, 0.25) is 10.0 Å². The number of hydrogen-bond acceptors (Lipinski definition) is 7. The van der Waals surface area contributed by atoms with E-state index in [1.54, 1.807) is 73.7 Å². The van der Waals surface area contributed by atoms with Gasteiger partial charge in [0.15, 0.2) is 0 Å². The van der Waals surface area contributed by atoms with Crippen molar-refractivity contribution < 1.29 is 23.1 Å². The minimum absolute atomic E-state index is 0.0157. The number of amides is 1. The lowest BCUT2D eigenvalue weighted by molar-refractivity contribution is 0.0564. The number of aliphatic hydroxyl groups excluding tert-OH is 1. The fourth-order valence-corrected chi connectivity index (χ4v) is 6.28. The molecule has 4 rings (SSSR count). The number of nitrogens with zero attached hydrogens (tertiary/aromatic N) is 4. The Bertz CT molecular complexity index is 1460. The van der Waals surface area contributed by atoms with Gasteiger partial charge in [-0.15, -0.1) is 0 Å². The van der Waals surface area contributed by atoms with Crippen molar-refractivity contribution in [2.75, 3.05) is 26.7 Å². The fourth-order valence-electron chi connectivity index (χ4n) is 4.46. The fraction of sp³-hybridized carbons (Fsp3) is 0.321. The molecule has 1 aliphatic heterocycles. The lowest BCUT2D eigenvalue weighted by atomic mass is 10.0. The molecule has 1 aliphatic rings. The molecule has 0 bridgehead atoms. The van der Waals surface area contributed by atoms with E-state index in [2.05, 4.69) is 11.1 Å². The summed E-state index contributed by atoms with van der Waals surface area (Å²) in [6.07, 6.45) is 2.55. The molecule has 1 aromatic heterocycles. The molecule has 3 aromatic rings. The van der Waals surface area contributed by atoms with E-state index in [1.165, 1.54) is 10.4 Å². The lowest BCUT2D eigenvalue weighted by Gasteiger charge is -2.37. The first-order chi connectivity index (χ1) is 18.1. The lowest BCUT2D eigenvalue weighted by Crippen LogP contribution is -2.50. The van der Waals surface area contributed by atoms with E-state index in [1.807, 2.05) is 13.0 Å². The highest BCUT2D eigenvalue weighted by Crippen LogP contribution is 2.36. The number of rotatable bonds is 6. The SMILES string of the molecule is C[C@@H]1CN([C@H](C)CO)S(=O)(=O)c2ccc(-c3cccc(C#N)c3)cc2O[C@H]1CN(C)C(=O)c1ccncc1. The van der Waals surface area contributed by atoms with Gasteiger partial charge < -0.3 is 14.7 Å². The summed E-state index contributed by atoms with van der Waals surface area (Å²) >= 11 is 0. The molecule has 2 aromatic carbocycles. The maximum Gasteiger partial charge on any atom is 0.253 e. The van der Waals surface area contributed by atoms with Gasteiger partial charge in [0.05, 0.1) is 24.8 Å². The predicted molar refractivity (Wildman–Crippen MR) is 142 cm³/mol. The molecule has 0 spiro atoms. The average molecular weight is 535 g/mol. The molecule has 198 valence electrons. The molecule has 9 nitrogen and oxygen atoms in total. The molecular formula is C28H30N4O5S. The molecule has 0 fully saturated rings. The highest BCUT2D eigenvalue weighted by atomic mass is 32.2. The van der Waals surface area contributed by atoms with Gasteiger partial charge in [-0.25, -0.2) is 8.42 Å². The van der Waals surface area contributed by atoms with Crippen molar-refractivity contribution >= 4 is 15.9 Å². The summed E-state index contributed by atoms with van der Waals surface area (Å²) in [5, 5.41) is 19.1. The van der Waals surface area contributed by atoms with Crippen molar-refractivity contribution in [2.45, 2.75) is 30.9 Å². The normalized spacial score (nSPS) is 19.7. The second-order valence-electron chi connectivity index (χ2n) is 9.52. The van der Waals surface area contributed by atoms with E-state index < -0.39 is 22.2 Å². The van der Waals surface area contributed by atoms with Gasteiger partial charge in [-0.2, -0.15) is 9.57 Å². The molecule has 0 aliphatic carbocycles. The van der Waals surface area contributed by atoms with E-state index in [4.69, 9.17) is 4.74 Å². The monoisotopic (exact) mass is 534 g/mol. The van der Waals surface area contributed by atoms with Crippen LogP contribution in [0.2, 0.25) is 0 Å². The van der Waals surface area contributed by atoms with Crippen LogP contribution in [0.3, 0.4) is 0 Å². The maximum absolute atomic E-state index is 13.7. The van der Waals surface area contributed by atoms with Crippen LogP contribution in [0.25, 0.3) is 11.1 Å². The Morgan fingerprint density at radius 3 is 2.61 bits per heavy atom.